The van der Waals surface area contributed by atoms with Crippen molar-refractivity contribution in [3.63, 3.8) is 0 Å². The summed E-state index contributed by atoms with van der Waals surface area (Å²) in [6.07, 6.45) is 9.92. The molecule has 7 heteroatoms. The van der Waals surface area contributed by atoms with E-state index < -0.39 is 0 Å². The van der Waals surface area contributed by atoms with Crippen LogP contribution in [-0.4, -0.2) is 53.0 Å². The van der Waals surface area contributed by atoms with Gasteiger partial charge in [0.2, 0.25) is 0 Å². The van der Waals surface area contributed by atoms with Gasteiger partial charge in [-0.1, -0.05) is 13.0 Å². The van der Waals surface area contributed by atoms with Gasteiger partial charge < -0.3 is 20.1 Å². The van der Waals surface area contributed by atoms with Gasteiger partial charge in [0.05, 0.1) is 5.69 Å². The van der Waals surface area contributed by atoms with Crippen molar-refractivity contribution in [3.8, 4) is 11.3 Å². The zero-order valence-corrected chi connectivity index (χ0v) is 21.7. The van der Waals surface area contributed by atoms with Crippen LogP contribution in [0.25, 0.3) is 11.3 Å². The number of hydrogen-bond donors (Lipinski definition) is 2. The highest BCUT2D eigenvalue weighted by molar-refractivity contribution is 6.04. The molecule has 2 aromatic heterocycles. The summed E-state index contributed by atoms with van der Waals surface area (Å²) in [7, 11) is 0. The largest absolute Gasteiger partial charge is 0.372 e. The van der Waals surface area contributed by atoms with E-state index in [-0.39, 0.29) is 17.2 Å². The molecule has 2 aliphatic heterocycles. The van der Waals surface area contributed by atoms with E-state index >= 15 is 0 Å². The van der Waals surface area contributed by atoms with Crippen LogP contribution in [0, 0.1) is 0 Å². The number of nitrogens with one attached hydrogen (secondary N) is 2. The maximum Gasteiger partial charge on any atom is 0.271 e. The van der Waals surface area contributed by atoms with Crippen molar-refractivity contribution < 1.29 is 4.79 Å². The third kappa shape index (κ3) is 6.10. The number of likely N-dealkylation sites (tertiary alicyclic amines) is 1. The number of aromatic nitrogens is 2. The van der Waals surface area contributed by atoms with E-state index in [0.29, 0.717) is 11.6 Å². The molecular formula is C30H37N5O2. The number of carbonyl (C=O) groups excluding carboxylic acids is 1. The number of aryl methyl sites for hydroxylation is 1. The van der Waals surface area contributed by atoms with Gasteiger partial charge in [0.1, 0.15) is 5.69 Å². The number of amides is 1. The minimum atomic E-state index is -0.334. The van der Waals surface area contributed by atoms with E-state index in [1.165, 1.54) is 38.6 Å². The van der Waals surface area contributed by atoms with Crippen LogP contribution in [0.1, 0.15) is 61.5 Å². The number of nitrogens with zero attached hydrogens (tertiary/aromatic N) is 3. The Hall–Kier alpha value is -3.45. The summed E-state index contributed by atoms with van der Waals surface area (Å²) < 4.78 is 0. The standard InChI is InChI=1S/C30H37N5O2/c1-2-34-19-7-9-25(34)16-13-24-8-6-10-27(32-24)23-20-28(30(37)31-21-23)33-29(36)22-11-14-26(15-12-22)35-17-4-3-5-18-35/h6,8,10-12,14-15,20-21,25H,2-5,7,9,13,16-19H2,1H3,(H,31,37)(H,33,36). The van der Waals surface area contributed by atoms with Gasteiger partial charge in [-0.25, -0.2) is 0 Å². The summed E-state index contributed by atoms with van der Waals surface area (Å²) in [5.74, 6) is -0.299. The summed E-state index contributed by atoms with van der Waals surface area (Å²) in [4.78, 5) is 38.0. The average molecular weight is 500 g/mol. The number of aromatic amines is 1. The van der Waals surface area contributed by atoms with Gasteiger partial charge >= 0.3 is 0 Å². The van der Waals surface area contributed by atoms with E-state index in [1.54, 1.807) is 12.3 Å². The number of H-pyrrole nitrogens is 1. The highest BCUT2D eigenvalue weighted by atomic mass is 16.2. The minimum absolute atomic E-state index is 0.222. The first-order chi connectivity index (χ1) is 18.1. The Morgan fingerprint density at radius 1 is 1.05 bits per heavy atom. The Labute approximate surface area is 218 Å². The van der Waals surface area contributed by atoms with Crippen molar-refractivity contribution >= 4 is 17.3 Å². The van der Waals surface area contributed by atoms with Gasteiger partial charge in [-0.15, -0.1) is 0 Å². The SMILES string of the molecule is CCN1CCCC1CCc1cccc(-c2c[nH]c(=O)c(NC(=O)c3ccc(N4CCCCC4)cc3)c2)n1. The van der Waals surface area contributed by atoms with E-state index in [2.05, 4.69) is 33.1 Å². The van der Waals surface area contributed by atoms with Gasteiger partial charge in [-0.3, -0.25) is 14.6 Å². The average Bonchev–Trinajstić information content (AvgIpc) is 3.41. The van der Waals surface area contributed by atoms with E-state index in [9.17, 15) is 9.59 Å². The smallest absolute Gasteiger partial charge is 0.271 e. The summed E-state index contributed by atoms with van der Waals surface area (Å²) in [5, 5.41) is 2.79. The summed E-state index contributed by atoms with van der Waals surface area (Å²) in [5.41, 5.74) is 4.16. The van der Waals surface area contributed by atoms with E-state index in [4.69, 9.17) is 4.98 Å². The Morgan fingerprint density at radius 3 is 2.65 bits per heavy atom. The molecule has 0 aliphatic carbocycles. The van der Waals surface area contributed by atoms with Crippen LogP contribution in [0.4, 0.5) is 11.4 Å². The number of pyridine rings is 2. The number of hydrogen-bond acceptors (Lipinski definition) is 5. The number of anilines is 2. The van der Waals surface area contributed by atoms with Crippen LogP contribution in [-0.2, 0) is 6.42 Å². The van der Waals surface area contributed by atoms with Gasteiger partial charge in [0.25, 0.3) is 11.5 Å². The molecule has 0 spiro atoms. The first-order valence-electron chi connectivity index (χ1n) is 13.7. The van der Waals surface area contributed by atoms with Crippen molar-refractivity contribution in [2.24, 2.45) is 0 Å². The second-order valence-corrected chi connectivity index (χ2v) is 10.2. The van der Waals surface area contributed by atoms with Crippen molar-refractivity contribution in [1.82, 2.24) is 14.9 Å². The third-order valence-electron chi connectivity index (χ3n) is 7.74. The summed E-state index contributed by atoms with van der Waals surface area (Å²) in [6, 6.07) is 16.0. The molecule has 7 nitrogen and oxygen atoms in total. The molecule has 194 valence electrons. The number of benzene rings is 1. The normalized spacial score (nSPS) is 18.2. The van der Waals surface area contributed by atoms with E-state index in [1.807, 2.05) is 36.4 Å². The number of carbonyl (C=O) groups is 1. The molecule has 1 unspecified atom stereocenters. The minimum Gasteiger partial charge on any atom is -0.372 e. The van der Waals surface area contributed by atoms with Crippen molar-refractivity contribution in [2.45, 2.75) is 57.9 Å². The molecular weight excluding hydrogens is 462 g/mol. The first kappa shape index (κ1) is 25.2. The van der Waals surface area contributed by atoms with Crippen LogP contribution in [0.15, 0.2) is 59.5 Å². The zero-order chi connectivity index (χ0) is 25.6. The molecule has 2 N–H and O–H groups in total. The maximum absolute atomic E-state index is 12.9. The molecule has 1 aromatic carbocycles. The number of rotatable bonds is 8. The lowest BCUT2D eigenvalue weighted by Crippen LogP contribution is -2.29. The second-order valence-electron chi connectivity index (χ2n) is 10.2. The quantitative estimate of drug-likeness (QED) is 0.451. The molecule has 2 saturated heterocycles. The fraction of sp³-hybridized carbons (Fsp3) is 0.433. The lowest BCUT2D eigenvalue weighted by Gasteiger charge is -2.28. The Balaban J connectivity index is 1.26. The van der Waals surface area contributed by atoms with Gasteiger partial charge in [0, 0.05) is 47.8 Å². The molecule has 1 amide bonds. The van der Waals surface area contributed by atoms with Crippen LogP contribution in [0.5, 0.6) is 0 Å². The van der Waals surface area contributed by atoms with Gasteiger partial charge in [0.15, 0.2) is 0 Å². The molecule has 2 aliphatic rings. The first-order valence-corrected chi connectivity index (χ1v) is 13.7. The molecule has 1 atom stereocenters. The lowest BCUT2D eigenvalue weighted by atomic mass is 10.1. The summed E-state index contributed by atoms with van der Waals surface area (Å²) >= 11 is 0. The predicted octanol–water partition coefficient (Wildman–Crippen LogP) is 5.10. The molecule has 0 bridgehead atoms. The fourth-order valence-corrected chi connectivity index (χ4v) is 5.63. The van der Waals surface area contributed by atoms with Gasteiger partial charge in [-0.2, -0.15) is 0 Å². The van der Waals surface area contributed by atoms with Crippen LogP contribution >= 0.6 is 0 Å². The maximum atomic E-state index is 12.9. The van der Waals surface area contributed by atoms with Crippen LogP contribution in [0.3, 0.4) is 0 Å². The zero-order valence-electron chi connectivity index (χ0n) is 21.7. The molecule has 0 saturated carbocycles. The Bertz CT molecular complexity index is 1260. The molecule has 0 radical (unpaired) electrons. The second kappa shape index (κ2) is 11.7. The van der Waals surface area contributed by atoms with E-state index in [0.717, 1.165) is 55.1 Å². The Kier molecular flexibility index (Phi) is 7.99. The van der Waals surface area contributed by atoms with Crippen LogP contribution in [0.2, 0.25) is 0 Å². The summed E-state index contributed by atoms with van der Waals surface area (Å²) in [6.45, 7) is 6.64. The highest BCUT2D eigenvalue weighted by Crippen LogP contribution is 2.24. The van der Waals surface area contributed by atoms with Crippen molar-refractivity contribution in [2.75, 3.05) is 36.4 Å². The molecule has 37 heavy (non-hydrogen) atoms. The molecule has 2 fully saturated rings. The van der Waals surface area contributed by atoms with Gasteiger partial charge in [-0.05, 0) is 100 Å². The topological polar surface area (TPSA) is 81.3 Å². The highest BCUT2D eigenvalue weighted by Gasteiger charge is 2.22. The van der Waals surface area contributed by atoms with Crippen LogP contribution < -0.4 is 15.8 Å². The monoisotopic (exact) mass is 499 g/mol. The lowest BCUT2D eigenvalue weighted by molar-refractivity contribution is 0.102. The Morgan fingerprint density at radius 2 is 1.86 bits per heavy atom. The number of piperidine rings is 1. The molecule has 4 heterocycles. The predicted molar refractivity (Wildman–Crippen MR) is 149 cm³/mol. The third-order valence-corrected chi connectivity index (χ3v) is 7.74. The van der Waals surface area contributed by atoms with Crippen molar-refractivity contribution in [3.05, 3.63) is 76.3 Å². The van der Waals surface area contributed by atoms with Crippen molar-refractivity contribution in [1.29, 1.82) is 0 Å². The molecule has 3 aromatic rings. The fourth-order valence-electron chi connectivity index (χ4n) is 5.63. The molecule has 5 rings (SSSR count).